The van der Waals surface area contributed by atoms with E-state index in [0.717, 1.165) is 15.2 Å². The molecule has 112 valence electrons. The highest BCUT2D eigenvalue weighted by Gasteiger charge is 2.09. The summed E-state index contributed by atoms with van der Waals surface area (Å²) in [6.07, 6.45) is 1.49. The molecule has 22 heavy (non-hydrogen) atoms. The molecule has 0 spiro atoms. The number of aromatic nitrogens is 2. The van der Waals surface area contributed by atoms with Gasteiger partial charge in [0.05, 0.1) is 5.75 Å². The first-order valence-corrected chi connectivity index (χ1v) is 8.30. The highest BCUT2D eigenvalue weighted by Crippen LogP contribution is 2.27. The summed E-state index contributed by atoms with van der Waals surface area (Å²) in [7, 11) is 0. The molecule has 4 nitrogen and oxygen atoms in total. The number of esters is 1. The van der Waals surface area contributed by atoms with Crippen molar-refractivity contribution >= 4 is 39.3 Å². The van der Waals surface area contributed by atoms with Gasteiger partial charge >= 0.3 is 5.97 Å². The highest BCUT2D eigenvalue weighted by molar-refractivity contribution is 8.00. The van der Waals surface area contributed by atoms with Crippen molar-refractivity contribution in [2.75, 3.05) is 5.75 Å². The summed E-state index contributed by atoms with van der Waals surface area (Å²) in [4.78, 5) is 21.0. The van der Waals surface area contributed by atoms with Crippen LogP contribution in [0.4, 0.5) is 4.39 Å². The number of carbonyl (C=O) groups excluding carboxylic acids is 1. The van der Waals surface area contributed by atoms with Gasteiger partial charge in [-0.25, -0.2) is 14.4 Å². The smallest absolute Gasteiger partial charge is 0.316 e. The second-order valence-corrected chi connectivity index (χ2v) is 6.26. The van der Waals surface area contributed by atoms with Crippen LogP contribution < -0.4 is 0 Å². The summed E-state index contributed by atoms with van der Waals surface area (Å²) >= 11 is 2.84. The Labute approximate surface area is 134 Å². The molecule has 0 saturated heterocycles. The molecule has 0 unspecified atom stereocenters. The molecule has 0 bridgehead atoms. The Morgan fingerprint density at radius 2 is 2.23 bits per heavy atom. The van der Waals surface area contributed by atoms with Crippen LogP contribution >= 0.6 is 23.1 Å². The zero-order chi connectivity index (χ0) is 15.4. The second kappa shape index (κ2) is 6.85. The summed E-state index contributed by atoms with van der Waals surface area (Å²) in [6.45, 7) is 0.0643. The largest absolute Gasteiger partial charge is 0.460 e. The lowest BCUT2D eigenvalue weighted by atomic mass is 10.2. The summed E-state index contributed by atoms with van der Waals surface area (Å²) < 4.78 is 18.2. The van der Waals surface area contributed by atoms with Gasteiger partial charge in [-0.15, -0.1) is 11.3 Å². The zero-order valence-corrected chi connectivity index (χ0v) is 13.0. The molecular weight excluding hydrogens is 323 g/mol. The number of rotatable bonds is 5. The molecule has 0 atom stereocenters. The minimum atomic E-state index is -0.365. The van der Waals surface area contributed by atoms with Gasteiger partial charge < -0.3 is 4.74 Å². The molecule has 0 aliphatic heterocycles. The number of halogens is 1. The van der Waals surface area contributed by atoms with Crippen molar-refractivity contribution in [1.82, 2.24) is 9.97 Å². The number of carbonyl (C=O) groups is 1. The number of hydrogen-bond acceptors (Lipinski definition) is 6. The maximum absolute atomic E-state index is 13.0. The van der Waals surface area contributed by atoms with Crippen LogP contribution in [0.3, 0.4) is 0 Å². The van der Waals surface area contributed by atoms with Crippen LogP contribution in [0.1, 0.15) is 5.56 Å². The third-order valence-corrected chi connectivity index (χ3v) is 4.64. The van der Waals surface area contributed by atoms with E-state index < -0.39 is 0 Å². The Kier molecular flexibility index (Phi) is 4.65. The molecule has 2 aromatic heterocycles. The summed E-state index contributed by atoms with van der Waals surface area (Å²) in [5, 5.41) is 3.63. The average molecular weight is 334 g/mol. The van der Waals surface area contributed by atoms with Crippen molar-refractivity contribution in [3.63, 3.8) is 0 Å². The number of hydrogen-bond donors (Lipinski definition) is 0. The normalized spacial score (nSPS) is 10.8. The summed E-state index contributed by atoms with van der Waals surface area (Å²) in [6, 6.07) is 7.92. The molecular formula is C15H11FN2O2S2. The molecule has 0 fully saturated rings. The Balaban J connectivity index is 1.55. The van der Waals surface area contributed by atoms with Crippen molar-refractivity contribution in [2.45, 2.75) is 11.6 Å². The van der Waals surface area contributed by atoms with Gasteiger partial charge in [-0.1, -0.05) is 23.9 Å². The van der Waals surface area contributed by atoms with Gasteiger partial charge in [0.2, 0.25) is 0 Å². The highest BCUT2D eigenvalue weighted by atomic mass is 32.2. The van der Waals surface area contributed by atoms with E-state index in [-0.39, 0.29) is 24.1 Å². The maximum Gasteiger partial charge on any atom is 0.316 e. The van der Waals surface area contributed by atoms with Crippen LogP contribution in [0.15, 0.2) is 47.1 Å². The molecule has 0 saturated carbocycles. The standard InChI is InChI=1S/C15H11FN2O2S2/c16-11-3-1-2-10(6-11)7-20-13(19)8-22-15-12-4-5-21-14(12)17-9-18-15/h1-6,9H,7-8H2. The van der Waals surface area contributed by atoms with Crippen LogP contribution in [0.25, 0.3) is 10.2 Å². The van der Waals surface area contributed by atoms with Crippen molar-refractivity contribution in [2.24, 2.45) is 0 Å². The fourth-order valence-electron chi connectivity index (χ4n) is 1.84. The molecule has 0 amide bonds. The fourth-order valence-corrected chi connectivity index (χ4v) is 3.42. The first kappa shape index (κ1) is 14.9. The number of ether oxygens (including phenoxy) is 1. The lowest BCUT2D eigenvalue weighted by Crippen LogP contribution is -2.07. The van der Waals surface area contributed by atoms with Gasteiger partial charge in [0.25, 0.3) is 0 Å². The summed E-state index contributed by atoms with van der Waals surface area (Å²) in [5.41, 5.74) is 0.626. The van der Waals surface area contributed by atoms with Gasteiger partial charge in [0.1, 0.15) is 28.6 Å². The summed E-state index contributed by atoms with van der Waals surface area (Å²) in [5.74, 6) is -0.558. The van der Waals surface area contributed by atoms with E-state index in [9.17, 15) is 9.18 Å². The van der Waals surface area contributed by atoms with Crippen LogP contribution in [0.2, 0.25) is 0 Å². The lowest BCUT2D eigenvalue weighted by Gasteiger charge is -2.05. The Hall–Kier alpha value is -1.99. The van der Waals surface area contributed by atoms with E-state index in [1.54, 1.807) is 12.1 Å². The molecule has 3 aromatic rings. The van der Waals surface area contributed by atoms with Gasteiger partial charge in [-0.3, -0.25) is 4.79 Å². The Morgan fingerprint density at radius 1 is 1.32 bits per heavy atom. The van der Waals surface area contributed by atoms with Crippen molar-refractivity contribution in [3.8, 4) is 0 Å². The predicted molar refractivity (Wildman–Crippen MR) is 84.3 cm³/mol. The third-order valence-electron chi connectivity index (χ3n) is 2.84. The molecule has 0 N–H and O–H groups in total. The van der Waals surface area contributed by atoms with Crippen molar-refractivity contribution in [3.05, 3.63) is 53.4 Å². The van der Waals surface area contributed by atoms with E-state index in [2.05, 4.69) is 9.97 Å². The average Bonchev–Trinajstić information content (AvgIpc) is 3.00. The molecule has 0 radical (unpaired) electrons. The number of fused-ring (bicyclic) bond motifs is 1. The Morgan fingerprint density at radius 3 is 3.09 bits per heavy atom. The first-order chi connectivity index (χ1) is 10.7. The SMILES string of the molecule is O=C(CSc1ncnc2sccc12)OCc1cccc(F)c1. The van der Waals surface area contributed by atoms with Gasteiger partial charge in [0, 0.05) is 5.39 Å². The molecule has 0 aliphatic rings. The molecule has 0 aliphatic carbocycles. The van der Waals surface area contributed by atoms with Gasteiger partial charge in [-0.05, 0) is 29.1 Å². The predicted octanol–water partition coefficient (Wildman–Crippen LogP) is 3.67. The topological polar surface area (TPSA) is 52.1 Å². The number of thiophene rings is 1. The van der Waals surface area contributed by atoms with E-state index in [4.69, 9.17) is 4.74 Å². The zero-order valence-electron chi connectivity index (χ0n) is 11.4. The lowest BCUT2D eigenvalue weighted by molar-refractivity contribution is -0.141. The number of nitrogens with zero attached hydrogens (tertiary/aromatic N) is 2. The Bertz CT molecular complexity index is 807. The quantitative estimate of drug-likeness (QED) is 0.405. The van der Waals surface area contributed by atoms with Crippen LogP contribution in [0, 0.1) is 5.82 Å². The minimum absolute atomic E-state index is 0.0643. The van der Waals surface area contributed by atoms with Crippen LogP contribution in [0.5, 0.6) is 0 Å². The molecule has 2 heterocycles. The van der Waals surface area contributed by atoms with Crippen LogP contribution in [-0.4, -0.2) is 21.7 Å². The van der Waals surface area contributed by atoms with Gasteiger partial charge in [0.15, 0.2) is 0 Å². The second-order valence-electron chi connectivity index (χ2n) is 4.40. The molecule has 3 rings (SSSR count). The molecule has 1 aromatic carbocycles. The van der Waals surface area contributed by atoms with E-state index >= 15 is 0 Å². The van der Waals surface area contributed by atoms with E-state index in [1.165, 1.54) is 41.6 Å². The first-order valence-electron chi connectivity index (χ1n) is 6.43. The van der Waals surface area contributed by atoms with Crippen LogP contribution in [-0.2, 0) is 16.1 Å². The third kappa shape index (κ3) is 3.61. The minimum Gasteiger partial charge on any atom is -0.460 e. The van der Waals surface area contributed by atoms with E-state index in [1.807, 2.05) is 11.4 Å². The molecule has 7 heteroatoms. The van der Waals surface area contributed by atoms with Gasteiger partial charge in [-0.2, -0.15) is 0 Å². The number of benzene rings is 1. The van der Waals surface area contributed by atoms with Crippen molar-refractivity contribution in [1.29, 1.82) is 0 Å². The number of thioether (sulfide) groups is 1. The maximum atomic E-state index is 13.0. The van der Waals surface area contributed by atoms with Crippen molar-refractivity contribution < 1.29 is 13.9 Å². The monoisotopic (exact) mass is 334 g/mol. The fraction of sp³-hybridized carbons (Fsp3) is 0.133. The van der Waals surface area contributed by atoms with E-state index in [0.29, 0.717) is 5.56 Å².